The summed E-state index contributed by atoms with van der Waals surface area (Å²) < 4.78 is 72.6. The van der Waals surface area contributed by atoms with Crippen molar-refractivity contribution in [3.8, 4) is 5.75 Å². The van der Waals surface area contributed by atoms with E-state index >= 15 is 0 Å². The molecule has 0 radical (unpaired) electrons. The highest BCUT2D eigenvalue weighted by molar-refractivity contribution is 8.00. The summed E-state index contributed by atoms with van der Waals surface area (Å²) in [7, 11) is 1.20. The van der Waals surface area contributed by atoms with E-state index in [0.29, 0.717) is 11.1 Å². The molecular weight excluding hydrogens is 389 g/mol. The van der Waals surface area contributed by atoms with Gasteiger partial charge in [0.05, 0.1) is 7.11 Å². The first-order chi connectivity index (χ1) is 12.3. The Morgan fingerprint density at radius 2 is 1.48 bits per heavy atom. The van der Waals surface area contributed by atoms with Crippen LogP contribution in [0.1, 0.15) is 22.3 Å². The lowest BCUT2D eigenvalue weighted by atomic mass is 9.83. The number of ether oxygens (including phenoxy) is 1. The molecule has 0 saturated carbocycles. The first-order valence-corrected chi connectivity index (χ1v) is 8.52. The topological polar surface area (TPSA) is 55.5 Å². The molecule has 0 heterocycles. The number of benzene rings is 2. The second kappa shape index (κ2) is 7.29. The largest absolute Gasteiger partial charge is 0.496 e. The minimum Gasteiger partial charge on any atom is -0.496 e. The SMILES string of the molecule is COc1cc(C)c(C)cc1C(O)(c1ccc(SC(N)(F)F)cc1)C(F)(F)F. The Balaban J connectivity index is 2.64. The minimum absolute atomic E-state index is 0.00769. The van der Waals surface area contributed by atoms with Crippen molar-refractivity contribution in [3.63, 3.8) is 0 Å². The standard InChI is InChI=1S/C18H18F5NO2S/c1-10-8-14(15(26-3)9-11(10)2)16(25,17(19,20)21)12-4-6-13(7-5-12)27-18(22,23)24/h4-9,25H,24H2,1-3H3. The molecule has 0 aliphatic heterocycles. The van der Waals surface area contributed by atoms with Crippen LogP contribution in [0.15, 0.2) is 41.3 Å². The molecule has 3 nitrogen and oxygen atoms in total. The molecule has 0 saturated heterocycles. The molecule has 2 rings (SSSR count). The van der Waals surface area contributed by atoms with E-state index in [9.17, 15) is 27.1 Å². The Hall–Kier alpha value is -1.84. The summed E-state index contributed by atoms with van der Waals surface area (Å²) in [5, 5.41) is 7.19. The second-order valence-corrected chi connectivity index (χ2v) is 7.25. The molecule has 1 unspecified atom stereocenters. The van der Waals surface area contributed by atoms with Crippen molar-refractivity contribution >= 4 is 11.8 Å². The van der Waals surface area contributed by atoms with Crippen LogP contribution < -0.4 is 10.5 Å². The van der Waals surface area contributed by atoms with Gasteiger partial charge in [0.25, 0.3) is 0 Å². The number of methoxy groups -OCH3 is 1. The van der Waals surface area contributed by atoms with Gasteiger partial charge >= 0.3 is 11.6 Å². The lowest BCUT2D eigenvalue weighted by Crippen LogP contribution is -2.43. The number of thioether (sulfide) groups is 1. The highest BCUT2D eigenvalue weighted by atomic mass is 32.2. The normalized spacial score (nSPS) is 14.7. The van der Waals surface area contributed by atoms with E-state index in [1.807, 2.05) is 0 Å². The van der Waals surface area contributed by atoms with Gasteiger partial charge in [0.1, 0.15) is 5.75 Å². The van der Waals surface area contributed by atoms with Gasteiger partial charge in [-0.3, -0.25) is 5.73 Å². The molecule has 27 heavy (non-hydrogen) atoms. The lowest BCUT2D eigenvalue weighted by molar-refractivity contribution is -0.248. The summed E-state index contributed by atoms with van der Waals surface area (Å²) in [6.07, 6.45) is -5.09. The third-order valence-electron chi connectivity index (χ3n) is 4.14. The predicted octanol–water partition coefficient (Wildman–Crippen LogP) is 4.71. The first kappa shape index (κ1) is 21.5. The Kier molecular flexibility index (Phi) is 5.79. The summed E-state index contributed by atoms with van der Waals surface area (Å²) in [4.78, 5) is -0.0390. The van der Waals surface area contributed by atoms with Crippen molar-refractivity contribution in [2.24, 2.45) is 5.73 Å². The van der Waals surface area contributed by atoms with Crippen LogP contribution in [-0.2, 0) is 5.60 Å². The van der Waals surface area contributed by atoms with E-state index in [1.165, 1.54) is 19.2 Å². The number of rotatable bonds is 5. The molecule has 0 spiro atoms. The number of aliphatic hydroxyl groups is 1. The Morgan fingerprint density at radius 3 is 1.93 bits per heavy atom. The van der Waals surface area contributed by atoms with Crippen molar-refractivity contribution < 1.29 is 31.8 Å². The molecule has 9 heteroatoms. The Bertz CT molecular complexity index is 818. The van der Waals surface area contributed by atoms with Crippen LogP contribution in [0, 0.1) is 13.8 Å². The third kappa shape index (κ3) is 4.36. The van der Waals surface area contributed by atoms with Crippen LogP contribution >= 0.6 is 11.8 Å². The molecule has 1 atom stereocenters. The van der Waals surface area contributed by atoms with Gasteiger partial charge in [0.2, 0.25) is 5.60 Å². The van der Waals surface area contributed by atoms with Crippen LogP contribution in [0.25, 0.3) is 0 Å². The monoisotopic (exact) mass is 407 g/mol. The summed E-state index contributed by atoms with van der Waals surface area (Å²) in [5.41, 5.74) is 1.44. The molecule has 0 aliphatic carbocycles. The van der Waals surface area contributed by atoms with Crippen LogP contribution in [0.5, 0.6) is 5.75 Å². The summed E-state index contributed by atoms with van der Waals surface area (Å²) in [5.74, 6) is -0.134. The number of hydrogen-bond donors (Lipinski definition) is 2. The molecule has 0 aromatic heterocycles. The number of nitrogens with two attached hydrogens (primary N) is 1. The zero-order valence-electron chi connectivity index (χ0n) is 14.7. The van der Waals surface area contributed by atoms with Gasteiger partial charge < -0.3 is 9.84 Å². The van der Waals surface area contributed by atoms with E-state index in [2.05, 4.69) is 5.73 Å². The van der Waals surface area contributed by atoms with Gasteiger partial charge in [-0.05, 0) is 66.6 Å². The van der Waals surface area contributed by atoms with Crippen LogP contribution in [-0.4, -0.2) is 23.8 Å². The van der Waals surface area contributed by atoms with Gasteiger partial charge in [-0.2, -0.15) is 22.0 Å². The van der Waals surface area contributed by atoms with E-state index < -0.39 is 28.3 Å². The van der Waals surface area contributed by atoms with Gasteiger partial charge in [-0.15, -0.1) is 0 Å². The van der Waals surface area contributed by atoms with Crippen LogP contribution in [0.2, 0.25) is 0 Å². The maximum absolute atomic E-state index is 13.9. The fraction of sp³-hybridized carbons (Fsp3) is 0.333. The predicted molar refractivity (Wildman–Crippen MR) is 93.0 cm³/mol. The fourth-order valence-electron chi connectivity index (χ4n) is 2.63. The van der Waals surface area contributed by atoms with Crippen molar-refractivity contribution in [1.29, 1.82) is 0 Å². The van der Waals surface area contributed by atoms with Gasteiger partial charge in [0.15, 0.2) is 0 Å². The lowest BCUT2D eigenvalue weighted by Gasteiger charge is -2.33. The Morgan fingerprint density at radius 1 is 0.963 bits per heavy atom. The van der Waals surface area contributed by atoms with Crippen molar-refractivity contribution in [3.05, 3.63) is 58.7 Å². The smallest absolute Gasteiger partial charge is 0.425 e. The quantitative estimate of drug-likeness (QED) is 0.326. The van der Waals surface area contributed by atoms with E-state index in [4.69, 9.17) is 4.74 Å². The number of alkyl halides is 5. The molecule has 2 aromatic rings. The molecule has 148 valence electrons. The number of hydrogen-bond acceptors (Lipinski definition) is 4. The van der Waals surface area contributed by atoms with Crippen LogP contribution in [0.4, 0.5) is 22.0 Å². The fourth-order valence-corrected chi connectivity index (χ4v) is 3.22. The molecule has 2 aromatic carbocycles. The van der Waals surface area contributed by atoms with Crippen molar-refractivity contribution in [2.45, 2.75) is 35.9 Å². The maximum Gasteiger partial charge on any atom is 0.425 e. The third-order valence-corrected chi connectivity index (χ3v) is 4.92. The summed E-state index contributed by atoms with van der Waals surface area (Å²) in [6.45, 7) is 3.31. The number of aryl methyl sites for hydroxylation is 2. The molecule has 3 N–H and O–H groups in total. The molecular formula is C18H18F5NO2S. The number of halogens is 5. The van der Waals surface area contributed by atoms with Gasteiger partial charge in [0, 0.05) is 10.5 Å². The molecule has 0 bridgehead atoms. The van der Waals surface area contributed by atoms with E-state index in [0.717, 1.165) is 24.3 Å². The van der Waals surface area contributed by atoms with Crippen LogP contribution in [0.3, 0.4) is 0 Å². The molecule has 0 amide bonds. The average Bonchev–Trinajstić information content (AvgIpc) is 2.54. The maximum atomic E-state index is 13.9. The highest BCUT2D eigenvalue weighted by Gasteiger charge is 2.57. The Labute approximate surface area is 157 Å². The van der Waals surface area contributed by atoms with Crippen molar-refractivity contribution in [2.75, 3.05) is 7.11 Å². The zero-order valence-corrected chi connectivity index (χ0v) is 15.5. The molecule has 0 aliphatic rings. The highest BCUT2D eigenvalue weighted by Crippen LogP contribution is 2.48. The molecule has 0 fully saturated rings. The second-order valence-electron chi connectivity index (χ2n) is 6.03. The zero-order chi connectivity index (χ0) is 20.6. The van der Waals surface area contributed by atoms with Crippen molar-refractivity contribution in [1.82, 2.24) is 0 Å². The summed E-state index contributed by atoms with van der Waals surface area (Å²) in [6, 6.07) is 6.58. The van der Waals surface area contributed by atoms with E-state index in [-0.39, 0.29) is 22.4 Å². The van der Waals surface area contributed by atoms with Gasteiger partial charge in [-0.1, -0.05) is 12.1 Å². The first-order valence-electron chi connectivity index (χ1n) is 7.70. The summed E-state index contributed by atoms with van der Waals surface area (Å²) >= 11 is -0.00769. The van der Waals surface area contributed by atoms with Gasteiger partial charge in [-0.25, -0.2) is 0 Å². The minimum atomic E-state index is -5.09. The average molecular weight is 407 g/mol. The van der Waals surface area contributed by atoms with E-state index in [1.54, 1.807) is 13.8 Å².